The Bertz CT molecular complexity index is 1440. The second-order valence-electron chi connectivity index (χ2n) is 8.19. The van der Waals surface area contributed by atoms with E-state index in [1.54, 1.807) is 24.3 Å². The first-order chi connectivity index (χ1) is 17.8. The molecular weight excluding hydrogens is 485 g/mol. The van der Waals surface area contributed by atoms with Crippen molar-refractivity contribution in [3.63, 3.8) is 0 Å². The predicted octanol–water partition coefficient (Wildman–Crippen LogP) is 4.93. The number of carbonyl (C=O) groups excluding carboxylic acids is 1. The van der Waals surface area contributed by atoms with E-state index in [2.05, 4.69) is 10.4 Å². The monoisotopic (exact) mass is 508 g/mol. The number of ether oxygens (including phenoxy) is 1. The van der Waals surface area contributed by atoms with E-state index >= 15 is 0 Å². The molecule has 0 radical (unpaired) electrons. The summed E-state index contributed by atoms with van der Waals surface area (Å²) >= 11 is 0. The standard InChI is InChI=1S/C27H23F3N4O3/c1-33(20-8-3-2-4-9-20)12-13-37-27(36)31-19-7-5-6-18(14-19)15-24-25(35)10-11-34(32-24)21-16-22(28)26(30)23(29)17-21/h2-11,14,16-17H,12-13,15H2,1H3,(H,31,36). The van der Waals surface area contributed by atoms with Gasteiger partial charge in [0.1, 0.15) is 12.3 Å². The van der Waals surface area contributed by atoms with Gasteiger partial charge in [0.2, 0.25) is 5.43 Å². The van der Waals surface area contributed by atoms with Gasteiger partial charge in [-0.1, -0.05) is 30.3 Å². The van der Waals surface area contributed by atoms with Gasteiger partial charge in [-0.3, -0.25) is 10.1 Å². The largest absolute Gasteiger partial charge is 0.447 e. The van der Waals surface area contributed by atoms with Crippen LogP contribution in [0.5, 0.6) is 0 Å². The van der Waals surface area contributed by atoms with E-state index in [1.165, 1.54) is 12.3 Å². The Balaban J connectivity index is 1.39. The van der Waals surface area contributed by atoms with Crippen molar-refractivity contribution in [3.05, 3.63) is 118 Å². The summed E-state index contributed by atoms with van der Waals surface area (Å²) in [6, 6.07) is 19.2. The molecular formula is C27H23F3N4O3. The topological polar surface area (TPSA) is 76.5 Å². The van der Waals surface area contributed by atoms with Gasteiger partial charge in [-0.25, -0.2) is 22.6 Å². The number of likely N-dealkylation sites (N-methyl/N-ethyl adjacent to an activating group) is 1. The molecule has 4 rings (SSSR count). The number of carbonyl (C=O) groups is 1. The van der Waals surface area contributed by atoms with Crippen molar-refractivity contribution in [2.45, 2.75) is 6.42 Å². The Labute approximate surface area is 210 Å². The molecule has 190 valence electrons. The number of hydrogen-bond acceptors (Lipinski definition) is 5. The minimum atomic E-state index is -1.59. The normalized spacial score (nSPS) is 10.7. The number of rotatable bonds is 8. The molecule has 0 bridgehead atoms. The first-order valence-electron chi connectivity index (χ1n) is 11.3. The second-order valence-corrected chi connectivity index (χ2v) is 8.19. The molecule has 0 saturated heterocycles. The fourth-order valence-corrected chi connectivity index (χ4v) is 3.58. The number of aromatic nitrogens is 2. The van der Waals surface area contributed by atoms with Gasteiger partial charge in [0.15, 0.2) is 17.5 Å². The number of para-hydroxylation sites is 1. The van der Waals surface area contributed by atoms with Crippen LogP contribution in [-0.2, 0) is 11.2 Å². The average molecular weight is 509 g/mol. The summed E-state index contributed by atoms with van der Waals surface area (Å²) in [5.41, 5.74) is 1.74. The molecule has 37 heavy (non-hydrogen) atoms. The first kappa shape index (κ1) is 25.5. The third kappa shape index (κ3) is 6.54. The number of benzene rings is 3. The molecule has 7 nitrogen and oxygen atoms in total. The Morgan fingerprint density at radius 1 is 1.00 bits per heavy atom. The van der Waals surface area contributed by atoms with Crippen LogP contribution in [0, 0.1) is 17.5 Å². The summed E-state index contributed by atoms with van der Waals surface area (Å²) in [7, 11) is 1.90. The maximum atomic E-state index is 13.6. The maximum absolute atomic E-state index is 13.6. The van der Waals surface area contributed by atoms with Crippen molar-refractivity contribution in [1.82, 2.24) is 9.78 Å². The molecule has 0 aliphatic carbocycles. The van der Waals surface area contributed by atoms with Gasteiger partial charge in [0, 0.05) is 49.2 Å². The van der Waals surface area contributed by atoms with Gasteiger partial charge in [-0.15, -0.1) is 0 Å². The fraction of sp³-hybridized carbons (Fsp3) is 0.148. The zero-order chi connectivity index (χ0) is 26.4. The minimum Gasteiger partial charge on any atom is -0.447 e. The van der Waals surface area contributed by atoms with E-state index in [9.17, 15) is 22.8 Å². The van der Waals surface area contributed by atoms with Crippen LogP contribution in [0.25, 0.3) is 5.69 Å². The van der Waals surface area contributed by atoms with E-state index in [-0.39, 0.29) is 29.8 Å². The lowest BCUT2D eigenvalue weighted by Crippen LogP contribution is -2.25. The zero-order valence-corrected chi connectivity index (χ0v) is 19.8. The van der Waals surface area contributed by atoms with Crippen LogP contribution in [0.3, 0.4) is 0 Å². The molecule has 1 heterocycles. The molecule has 10 heteroatoms. The Hall–Kier alpha value is -4.60. The minimum absolute atomic E-state index is 0.0753. The second kappa shape index (κ2) is 11.4. The number of nitrogens with zero attached hydrogens (tertiary/aromatic N) is 3. The highest BCUT2D eigenvalue weighted by Gasteiger charge is 2.13. The molecule has 1 N–H and O–H groups in total. The van der Waals surface area contributed by atoms with E-state index in [4.69, 9.17) is 4.74 Å². The van der Waals surface area contributed by atoms with Crippen LogP contribution in [0.15, 0.2) is 83.8 Å². The van der Waals surface area contributed by atoms with Crippen molar-refractivity contribution < 1.29 is 22.7 Å². The Morgan fingerprint density at radius 2 is 1.73 bits per heavy atom. The number of anilines is 2. The average Bonchev–Trinajstić information content (AvgIpc) is 2.89. The fourth-order valence-electron chi connectivity index (χ4n) is 3.58. The lowest BCUT2D eigenvalue weighted by Gasteiger charge is -2.19. The van der Waals surface area contributed by atoms with Crippen LogP contribution in [-0.4, -0.2) is 36.1 Å². The molecule has 1 amide bonds. The van der Waals surface area contributed by atoms with Crippen LogP contribution in [0.2, 0.25) is 0 Å². The quantitative estimate of drug-likeness (QED) is 0.342. The third-order valence-electron chi connectivity index (χ3n) is 5.51. The van der Waals surface area contributed by atoms with E-state index in [0.717, 1.165) is 22.5 Å². The van der Waals surface area contributed by atoms with E-state index < -0.39 is 23.5 Å². The molecule has 0 fully saturated rings. The van der Waals surface area contributed by atoms with Gasteiger partial charge in [0.25, 0.3) is 0 Å². The van der Waals surface area contributed by atoms with Gasteiger partial charge < -0.3 is 9.64 Å². The van der Waals surface area contributed by atoms with Gasteiger partial charge in [-0.2, -0.15) is 5.10 Å². The Kier molecular flexibility index (Phi) is 7.87. The third-order valence-corrected chi connectivity index (χ3v) is 5.51. The van der Waals surface area contributed by atoms with Crippen LogP contribution in [0.4, 0.5) is 29.3 Å². The van der Waals surface area contributed by atoms with Crippen molar-refractivity contribution in [3.8, 4) is 5.69 Å². The van der Waals surface area contributed by atoms with Crippen LogP contribution < -0.4 is 15.6 Å². The molecule has 0 aliphatic rings. The number of amides is 1. The summed E-state index contributed by atoms with van der Waals surface area (Å²) in [6.07, 6.45) is 0.693. The molecule has 0 saturated carbocycles. The van der Waals surface area contributed by atoms with E-state index in [1.807, 2.05) is 42.3 Å². The highest BCUT2D eigenvalue weighted by atomic mass is 19.2. The molecule has 0 atom stereocenters. The molecule has 0 unspecified atom stereocenters. The maximum Gasteiger partial charge on any atom is 0.411 e. The highest BCUT2D eigenvalue weighted by molar-refractivity contribution is 5.84. The molecule has 0 spiro atoms. The summed E-state index contributed by atoms with van der Waals surface area (Å²) in [5.74, 6) is -4.32. The number of nitrogens with one attached hydrogen (secondary N) is 1. The van der Waals surface area contributed by atoms with Crippen LogP contribution in [0.1, 0.15) is 11.3 Å². The molecule has 1 aromatic heterocycles. The van der Waals surface area contributed by atoms with Crippen LogP contribution >= 0.6 is 0 Å². The van der Waals surface area contributed by atoms with Gasteiger partial charge in [0.05, 0.1) is 12.2 Å². The van der Waals surface area contributed by atoms with Crippen molar-refractivity contribution in [2.75, 3.05) is 30.4 Å². The van der Waals surface area contributed by atoms with Crippen molar-refractivity contribution in [1.29, 1.82) is 0 Å². The van der Waals surface area contributed by atoms with Crippen molar-refractivity contribution in [2.24, 2.45) is 0 Å². The summed E-state index contributed by atoms with van der Waals surface area (Å²) < 4.78 is 46.9. The lowest BCUT2D eigenvalue weighted by molar-refractivity contribution is 0.164. The highest BCUT2D eigenvalue weighted by Crippen LogP contribution is 2.17. The smallest absolute Gasteiger partial charge is 0.411 e. The molecule has 4 aromatic rings. The summed E-state index contributed by atoms with van der Waals surface area (Å²) in [5, 5.41) is 6.80. The summed E-state index contributed by atoms with van der Waals surface area (Å²) in [4.78, 5) is 26.5. The Morgan fingerprint density at radius 3 is 2.46 bits per heavy atom. The predicted molar refractivity (Wildman–Crippen MR) is 134 cm³/mol. The SMILES string of the molecule is CN(CCOC(=O)Nc1cccc(Cc2nn(-c3cc(F)c(F)c(F)c3)ccc2=O)c1)c1ccccc1. The van der Waals surface area contributed by atoms with Gasteiger partial charge in [-0.05, 0) is 29.8 Å². The zero-order valence-electron chi connectivity index (χ0n) is 19.8. The van der Waals surface area contributed by atoms with Gasteiger partial charge >= 0.3 is 6.09 Å². The molecule has 0 aliphatic heterocycles. The van der Waals surface area contributed by atoms with Crippen molar-refractivity contribution >= 4 is 17.5 Å². The summed E-state index contributed by atoms with van der Waals surface area (Å²) in [6.45, 7) is 0.681. The number of halogens is 3. The molecule has 3 aromatic carbocycles. The van der Waals surface area contributed by atoms with E-state index in [0.29, 0.717) is 17.8 Å². The lowest BCUT2D eigenvalue weighted by atomic mass is 10.1. The number of hydrogen-bond donors (Lipinski definition) is 1. The first-order valence-corrected chi connectivity index (χ1v) is 11.3.